The van der Waals surface area contributed by atoms with Crippen LogP contribution in [0.15, 0.2) is 34.6 Å². The Hall–Kier alpha value is -0.340. The van der Waals surface area contributed by atoms with Crippen molar-refractivity contribution in [2.45, 2.75) is 9.79 Å². The third-order valence-corrected chi connectivity index (χ3v) is 2.76. The second-order valence-electron chi connectivity index (χ2n) is 2.14. The lowest BCUT2D eigenvalue weighted by atomic mass is 10.2. The predicted octanol–water partition coefficient (Wildman–Crippen LogP) is 3.34. The minimum atomic E-state index is 1.02. The van der Waals surface area contributed by atoms with Gasteiger partial charge in [-0.25, -0.2) is 0 Å². The molecule has 0 unspecified atom stereocenters. The number of thioether (sulfide) groups is 1. The Morgan fingerprint density at radius 2 is 2.27 bits per heavy atom. The monoisotopic (exact) mass is 182 g/mol. The van der Waals surface area contributed by atoms with E-state index in [4.69, 9.17) is 0 Å². The summed E-state index contributed by atoms with van der Waals surface area (Å²) in [6.07, 6.45) is 3.87. The first-order valence-electron chi connectivity index (χ1n) is 3.27. The lowest BCUT2D eigenvalue weighted by molar-refractivity contribution is 1.25. The fraction of sp³-hybridized carbons (Fsp3) is 0.111. The Bertz CT molecular complexity index is 266. The van der Waals surface area contributed by atoms with E-state index >= 15 is 0 Å². The maximum atomic E-state index is 4.33. The second-order valence-corrected chi connectivity index (χ2v) is 3.47. The maximum Gasteiger partial charge on any atom is 0.0203 e. The molecule has 1 aromatic rings. The van der Waals surface area contributed by atoms with E-state index in [2.05, 4.69) is 25.3 Å². The second kappa shape index (κ2) is 3.88. The molecule has 0 atom stereocenters. The molecule has 0 fully saturated rings. The van der Waals surface area contributed by atoms with Gasteiger partial charge >= 0.3 is 0 Å². The van der Waals surface area contributed by atoms with Crippen LogP contribution in [0.5, 0.6) is 0 Å². The predicted molar refractivity (Wildman–Crippen MR) is 55.6 cm³/mol. The van der Waals surface area contributed by atoms with E-state index in [1.165, 1.54) is 4.90 Å². The van der Waals surface area contributed by atoms with E-state index in [1.54, 1.807) is 11.8 Å². The van der Waals surface area contributed by atoms with Gasteiger partial charge in [-0.3, -0.25) is 0 Å². The summed E-state index contributed by atoms with van der Waals surface area (Å²) < 4.78 is 0. The lowest BCUT2D eigenvalue weighted by Crippen LogP contribution is -1.76. The van der Waals surface area contributed by atoms with E-state index in [9.17, 15) is 0 Å². The molecule has 0 heterocycles. The van der Waals surface area contributed by atoms with E-state index in [-0.39, 0.29) is 0 Å². The molecule has 11 heavy (non-hydrogen) atoms. The van der Waals surface area contributed by atoms with Crippen LogP contribution >= 0.6 is 24.4 Å². The number of thiol groups is 1. The van der Waals surface area contributed by atoms with E-state index in [0.717, 1.165) is 10.5 Å². The summed E-state index contributed by atoms with van der Waals surface area (Å²) in [5, 5.41) is 0. The van der Waals surface area contributed by atoms with Crippen LogP contribution in [0.25, 0.3) is 6.08 Å². The van der Waals surface area contributed by atoms with E-state index < -0.39 is 0 Å². The van der Waals surface area contributed by atoms with Crippen LogP contribution in [0.4, 0.5) is 0 Å². The molecule has 0 bridgehead atoms. The van der Waals surface area contributed by atoms with Gasteiger partial charge < -0.3 is 0 Å². The Kier molecular flexibility index (Phi) is 3.09. The SMILES string of the molecule is C=Cc1ccc(SC)c(S)c1. The molecule has 58 valence electrons. The minimum Gasteiger partial charge on any atom is -0.142 e. The summed E-state index contributed by atoms with van der Waals surface area (Å²) in [5.41, 5.74) is 1.12. The molecule has 0 spiro atoms. The highest BCUT2D eigenvalue weighted by Crippen LogP contribution is 2.24. The van der Waals surface area contributed by atoms with Crippen LogP contribution in [0, 0.1) is 0 Å². The van der Waals surface area contributed by atoms with E-state index in [1.807, 2.05) is 24.5 Å². The highest BCUT2D eigenvalue weighted by Gasteiger charge is 1.95. The average molecular weight is 182 g/mol. The van der Waals surface area contributed by atoms with Crippen LogP contribution in [0.1, 0.15) is 5.56 Å². The Labute approximate surface area is 77.1 Å². The molecule has 0 aliphatic rings. The summed E-state index contributed by atoms with van der Waals surface area (Å²) in [7, 11) is 0. The molecule has 0 amide bonds. The van der Waals surface area contributed by atoms with Crippen molar-refractivity contribution < 1.29 is 0 Å². The van der Waals surface area contributed by atoms with Crippen molar-refractivity contribution in [3.8, 4) is 0 Å². The Morgan fingerprint density at radius 3 is 2.73 bits per heavy atom. The molecule has 2 heteroatoms. The zero-order valence-electron chi connectivity index (χ0n) is 6.37. The van der Waals surface area contributed by atoms with E-state index in [0.29, 0.717) is 0 Å². The van der Waals surface area contributed by atoms with Crippen LogP contribution in [0.3, 0.4) is 0 Å². The van der Waals surface area contributed by atoms with Gasteiger partial charge in [-0.1, -0.05) is 18.7 Å². The molecule has 0 aliphatic carbocycles. The van der Waals surface area contributed by atoms with Crippen molar-refractivity contribution in [1.82, 2.24) is 0 Å². The topological polar surface area (TPSA) is 0 Å². The number of hydrogen-bond donors (Lipinski definition) is 1. The fourth-order valence-electron chi connectivity index (χ4n) is 0.834. The fourth-order valence-corrected chi connectivity index (χ4v) is 1.80. The van der Waals surface area contributed by atoms with Gasteiger partial charge in [0.25, 0.3) is 0 Å². The minimum absolute atomic E-state index is 1.02. The summed E-state index contributed by atoms with van der Waals surface area (Å²) >= 11 is 6.04. The highest BCUT2D eigenvalue weighted by molar-refractivity contribution is 7.99. The molecule has 1 aromatic carbocycles. The molecule has 1 rings (SSSR count). The van der Waals surface area contributed by atoms with Crippen molar-refractivity contribution >= 4 is 30.5 Å². The van der Waals surface area contributed by atoms with Crippen molar-refractivity contribution in [2.75, 3.05) is 6.26 Å². The average Bonchev–Trinajstić information content (AvgIpc) is 2.04. The summed E-state index contributed by atoms with van der Waals surface area (Å²) in [5.74, 6) is 0. The van der Waals surface area contributed by atoms with Crippen molar-refractivity contribution in [1.29, 1.82) is 0 Å². The Balaban J connectivity index is 3.09. The van der Waals surface area contributed by atoms with Gasteiger partial charge in [-0.15, -0.1) is 24.4 Å². The van der Waals surface area contributed by atoms with Gasteiger partial charge in [0.2, 0.25) is 0 Å². The quantitative estimate of drug-likeness (QED) is 0.540. The van der Waals surface area contributed by atoms with Crippen molar-refractivity contribution in [3.05, 3.63) is 30.3 Å². The van der Waals surface area contributed by atoms with Gasteiger partial charge in [-0.2, -0.15) is 0 Å². The number of benzene rings is 1. The third kappa shape index (κ3) is 2.04. The molecule has 0 saturated heterocycles. The normalized spacial score (nSPS) is 9.64. The third-order valence-electron chi connectivity index (χ3n) is 1.44. The standard InChI is InChI=1S/C9H10S2/c1-3-7-4-5-9(11-2)8(10)6-7/h3-6,10H,1H2,2H3. The first kappa shape index (κ1) is 8.75. The molecular weight excluding hydrogens is 172 g/mol. The van der Waals surface area contributed by atoms with Crippen molar-refractivity contribution in [2.24, 2.45) is 0 Å². The molecular formula is C9H10S2. The summed E-state index contributed by atoms with van der Waals surface area (Å²) in [6, 6.07) is 6.12. The van der Waals surface area contributed by atoms with Gasteiger partial charge in [0.1, 0.15) is 0 Å². The molecule has 0 saturated carbocycles. The van der Waals surface area contributed by atoms with Crippen LogP contribution in [0.2, 0.25) is 0 Å². The van der Waals surface area contributed by atoms with Crippen LogP contribution in [-0.2, 0) is 0 Å². The Morgan fingerprint density at radius 1 is 1.55 bits per heavy atom. The molecule has 0 aromatic heterocycles. The summed E-state index contributed by atoms with van der Waals surface area (Å²) in [6.45, 7) is 3.69. The first-order valence-corrected chi connectivity index (χ1v) is 4.94. The zero-order chi connectivity index (χ0) is 8.27. The number of rotatable bonds is 2. The zero-order valence-corrected chi connectivity index (χ0v) is 8.08. The van der Waals surface area contributed by atoms with Gasteiger partial charge in [0.15, 0.2) is 0 Å². The van der Waals surface area contributed by atoms with Crippen LogP contribution < -0.4 is 0 Å². The lowest BCUT2D eigenvalue weighted by Gasteiger charge is -2.01. The highest BCUT2D eigenvalue weighted by atomic mass is 32.2. The smallest absolute Gasteiger partial charge is 0.0203 e. The number of hydrogen-bond acceptors (Lipinski definition) is 2. The van der Waals surface area contributed by atoms with Gasteiger partial charge in [-0.05, 0) is 24.0 Å². The van der Waals surface area contributed by atoms with Gasteiger partial charge in [0, 0.05) is 9.79 Å². The van der Waals surface area contributed by atoms with Crippen LogP contribution in [-0.4, -0.2) is 6.26 Å². The van der Waals surface area contributed by atoms with Gasteiger partial charge in [0.05, 0.1) is 0 Å². The molecule has 0 nitrogen and oxygen atoms in total. The largest absolute Gasteiger partial charge is 0.142 e. The first-order chi connectivity index (χ1) is 5.27. The maximum absolute atomic E-state index is 4.33. The molecule has 0 radical (unpaired) electrons. The van der Waals surface area contributed by atoms with Crippen molar-refractivity contribution in [3.63, 3.8) is 0 Å². The summed E-state index contributed by atoms with van der Waals surface area (Å²) in [4.78, 5) is 2.23. The molecule has 0 aliphatic heterocycles. The molecule has 0 N–H and O–H groups in total.